The lowest BCUT2D eigenvalue weighted by atomic mass is 10.1. The van der Waals surface area contributed by atoms with E-state index in [0.29, 0.717) is 22.9 Å². The second-order valence-electron chi connectivity index (χ2n) is 6.77. The second kappa shape index (κ2) is 7.50. The van der Waals surface area contributed by atoms with Gasteiger partial charge in [0.1, 0.15) is 12.7 Å². The molecule has 12 heteroatoms. The van der Waals surface area contributed by atoms with E-state index in [1.807, 2.05) is 0 Å². The summed E-state index contributed by atoms with van der Waals surface area (Å²) in [6, 6.07) is 9.02. The Labute approximate surface area is 179 Å². The molecular weight excluding hydrogens is 416 g/mol. The molecule has 0 aliphatic rings. The van der Waals surface area contributed by atoms with E-state index in [4.69, 9.17) is 9.47 Å². The lowest BCUT2D eigenvalue weighted by Gasteiger charge is -2.08. The Balaban J connectivity index is 1.34. The number of fused-ring (bicyclic) bond motifs is 2. The van der Waals surface area contributed by atoms with Gasteiger partial charge in [0, 0.05) is 23.5 Å². The molecule has 158 valence electrons. The summed E-state index contributed by atoms with van der Waals surface area (Å²) in [6.07, 6.45) is 2.63. The molecule has 5 aromatic rings. The largest absolute Gasteiger partial charge is 0.404 e. The van der Waals surface area contributed by atoms with Crippen molar-refractivity contribution in [2.75, 3.05) is 0 Å². The molecule has 0 bridgehead atoms. The first-order valence-corrected chi connectivity index (χ1v) is 9.37. The third-order valence-corrected chi connectivity index (χ3v) is 4.45. The Morgan fingerprint density at radius 2 is 1.12 bits per heavy atom. The van der Waals surface area contributed by atoms with Gasteiger partial charge < -0.3 is 9.47 Å². The van der Waals surface area contributed by atoms with Crippen LogP contribution in [0.15, 0.2) is 49.1 Å². The van der Waals surface area contributed by atoms with Gasteiger partial charge in [0.25, 0.3) is 11.6 Å². The Hall–Kier alpha value is -4.74. The number of esters is 2. The first-order valence-electron chi connectivity index (χ1n) is 9.37. The summed E-state index contributed by atoms with van der Waals surface area (Å²) in [5.41, 5.74) is 1.73. The Bertz CT molecular complexity index is 1380. The number of hydrogen-bond acceptors (Lipinski definition) is 10. The Kier molecular flexibility index (Phi) is 4.51. The quantitative estimate of drug-likeness (QED) is 0.386. The van der Waals surface area contributed by atoms with Crippen LogP contribution < -0.4 is 9.47 Å². The lowest BCUT2D eigenvalue weighted by Crippen LogP contribution is -2.14. The van der Waals surface area contributed by atoms with Gasteiger partial charge in [-0.05, 0) is 38.1 Å². The normalized spacial score (nSPS) is 11.1. The minimum absolute atomic E-state index is 0.184. The van der Waals surface area contributed by atoms with Crippen LogP contribution in [0.2, 0.25) is 0 Å². The van der Waals surface area contributed by atoms with Crippen LogP contribution in [0.5, 0.6) is 11.8 Å². The molecule has 0 saturated carbocycles. The van der Waals surface area contributed by atoms with E-state index < -0.39 is 11.9 Å². The van der Waals surface area contributed by atoms with E-state index >= 15 is 0 Å². The van der Waals surface area contributed by atoms with Gasteiger partial charge in [-0.3, -0.25) is 0 Å². The second-order valence-corrected chi connectivity index (χ2v) is 6.77. The van der Waals surface area contributed by atoms with Crippen LogP contribution in [0.1, 0.15) is 32.1 Å². The maximum absolute atomic E-state index is 12.6. The van der Waals surface area contributed by atoms with E-state index in [9.17, 15) is 9.59 Å². The molecule has 0 fully saturated rings. The average molecular weight is 430 g/mol. The molecule has 1 aromatic carbocycles. The van der Waals surface area contributed by atoms with E-state index in [1.165, 1.54) is 46.0 Å². The number of carbonyl (C=O) groups is 2. The van der Waals surface area contributed by atoms with Gasteiger partial charge in [-0.25, -0.2) is 19.6 Å². The number of carbonyl (C=O) groups excluding carboxylic acids is 2. The molecule has 32 heavy (non-hydrogen) atoms. The standard InChI is InChI=1S/C20H14N8O4/c1-11-7-15(27-19(25-11)21-9-23-27)31-17(29)13-3-5-14(6-4-13)18(30)32-16-8-12(2)26-20-22-10-24-28(16)20/h3-10H,1-2H3. The molecule has 0 N–H and O–H groups in total. The van der Waals surface area contributed by atoms with Crippen molar-refractivity contribution in [1.82, 2.24) is 39.2 Å². The number of aromatic nitrogens is 8. The maximum Gasteiger partial charge on any atom is 0.344 e. The fourth-order valence-corrected chi connectivity index (χ4v) is 2.99. The van der Waals surface area contributed by atoms with Crippen molar-refractivity contribution < 1.29 is 19.1 Å². The van der Waals surface area contributed by atoms with Gasteiger partial charge in [0.2, 0.25) is 11.8 Å². The molecule has 0 radical (unpaired) electrons. The molecule has 0 aliphatic heterocycles. The zero-order valence-corrected chi connectivity index (χ0v) is 16.8. The van der Waals surface area contributed by atoms with Crippen molar-refractivity contribution in [3.05, 3.63) is 71.6 Å². The molecule has 5 rings (SSSR count). The smallest absolute Gasteiger partial charge is 0.344 e. The summed E-state index contributed by atoms with van der Waals surface area (Å²) in [5, 5.41) is 7.99. The fraction of sp³-hybridized carbons (Fsp3) is 0.100. The van der Waals surface area contributed by atoms with Gasteiger partial charge >= 0.3 is 11.9 Å². The zero-order chi connectivity index (χ0) is 22.2. The van der Waals surface area contributed by atoms with Crippen molar-refractivity contribution in [3.63, 3.8) is 0 Å². The molecule has 0 unspecified atom stereocenters. The molecule has 0 atom stereocenters. The summed E-state index contributed by atoms with van der Waals surface area (Å²) in [4.78, 5) is 41.5. The minimum Gasteiger partial charge on any atom is -0.404 e. The predicted octanol–water partition coefficient (Wildman–Crippen LogP) is 1.62. The van der Waals surface area contributed by atoms with Crippen molar-refractivity contribution in [3.8, 4) is 11.8 Å². The molecular formula is C20H14N8O4. The number of hydrogen-bond donors (Lipinski definition) is 0. The fourth-order valence-electron chi connectivity index (χ4n) is 2.99. The highest BCUT2D eigenvalue weighted by Crippen LogP contribution is 2.17. The Morgan fingerprint density at radius 3 is 1.53 bits per heavy atom. The van der Waals surface area contributed by atoms with Gasteiger partial charge in [-0.15, -0.1) is 0 Å². The van der Waals surface area contributed by atoms with Gasteiger partial charge in [-0.2, -0.15) is 29.2 Å². The molecule has 0 amide bonds. The molecule has 4 aromatic heterocycles. The maximum atomic E-state index is 12.6. The number of benzene rings is 1. The average Bonchev–Trinajstić information content (AvgIpc) is 3.43. The van der Waals surface area contributed by atoms with Crippen molar-refractivity contribution in [2.24, 2.45) is 0 Å². The summed E-state index contributed by atoms with van der Waals surface area (Å²) >= 11 is 0. The monoisotopic (exact) mass is 430 g/mol. The number of aryl methyl sites for hydroxylation is 2. The van der Waals surface area contributed by atoms with E-state index in [1.54, 1.807) is 26.0 Å². The third-order valence-electron chi connectivity index (χ3n) is 4.45. The first kappa shape index (κ1) is 19.2. The van der Waals surface area contributed by atoms with Crippen LogP contribution in [0.25, 0.3) is 11.6 Å². The SMILES string of the molecule is Cc1cc(OC(=O)c2ccc(C(=O)Oc3cc(C)nc4ncnn34)cc2)n2ncnc2n1. The van der Waals surface area contributed by atoms with Crippen LogP contribution in [-0.2, 0) is 0 Å². The number of rotatable bonds is 4. The van der Waals surface area contributed by atoms with Crippen molar-refractivity contribution in [1.29, 1.82) is 0 Å². The molecule has 0 aliphatic carbocycles. The third kappa shape index (κ3) is 3.49. The van der Waals surface area contributed by atoms with E-state index in [2.05, 4.69) is 30.1 Å². The zero-order valence-electron chi connectivity index (χ0n) is 16.8. The van der Waals surface area contributed by atoms with Crippen molar-refractivity contribution in [2.45, 2.75) is 13.8 Å². The van der Waals surface area contributed by atoms with Gasteiger partial charge in [-0.1, -0.05) is 0 Å². The number of nitrogens with zero attached hydrogens (tertiary/aromatic N) is 8. The highest BCUT2D eigenvalue weighted by molar-refractivity contribution is 5.94. The van der Waals surface area contributed by atoms with Crippen LogP contribution >= 0.6 is 0 Å². The lowest BCUT2D eigenvalue weighted by molar-refractivity contribution is 0.0708. The first-order chi connectivity index (χ1) is 15.5. The Morgan fingerprint density at radius 1 is 0.719 bits per heavy atom. The van der Waals surface area contributed by atoms with E-state index in [0.717, 1.165) is 0 Å². The van der Waals surface area contributed by atoms with E-state index in [-0.39, 0.29) is 22.9 Å². The minimum atomic E-state index is -0.624. The van der Waals surface area contributed by atoms with Crippen molar-refractivity contribution >= 4 is 23.5 Å². The summed E-state index contributed by atoms with van der Waals surface area (Å²) in [6.45, 7) is 3.51. The van der Waals surface area contributed by atoms with Gasteiger partial charge in [0.05, 0.1) is 11.1 Å². The number of ether oxygens (including phenoxy) is 2. The van der Waals surface area contributed by atoms with Crippen LogP contribution in [0.3, 0.4) is 0 Å². The molecule has 12 nitrogen and oxygen atoms in total. The summed E-state index contributed by atoms with van der Waals surface area (Å²) in [5.74, 6) is -0.243. The highest BCUT2D eigenvalue weighted by atomic mass is 16.5. The summed E-state index contributed by atoms with van der Waals surface area (Å²) < 4.78 is 13.5. The van der Waals surface area contributed by atoms with Crippen LogP contribution in [-0.4, -0.2) is 51.1 Å². The molecule has 0 saturated heterocycles. The predicted molar refractivity (Wildman–Crippen MR) is 107 cm³/mol. The highest BCUT2D eigenvalue weighted by Gasteiger charge is 2.17. The van der Waals surface area contributed by atoms with Crippen LogP contribution in [0, 0.1) is 13.8 Å². The van der Waals surface area contributed by atoms with Crippen LogP contribution in [0.4, 0.5) is 0 Å². The molecule has 0 spiro atoms. The van der Waals surface area contributed by atoms with Gasteiger partial charge in [0.15, 0.2) is 0 Å². The summed E-state index contributed by atoms with van der Waals surface area (Å²) in [7, 11) is 0. The topological polar surface area (TPSA) is 139 Å². The molecule has 4 heterocycles.